The minimum atomic E-state index is -0.171. The number of anilines is 1. The molecular weight excluding hydrogens is 377 g/mol. The lowest BCUT2D eigenvalue weighted by molar-refractivity contribution is 0.410. The second-order valence-electron chi connectivity index (χ2n) is 4.51. The molecule has 2 rings (SSSR count). The van der Waals surface area contributed by atoms with E-state index in [1.165, 1.54) is 0 Å². The first-order valence-electron chi connectivity index (χ1n) is 6.21. The zero-order valence-electron chi connectivity index (χ0n) is 11.5. The lowest BCUT2D eigenvalue weighted by Gasteiger charge is -2.19. The van der Waals surface area contributed by atoms with Crippen molar-refractivity contribution in [3.8, 4) is 11.5 Å². The molecule has 21 heavy (non-hydrogen) atoms. The smallest absolute Gasteiger partial charge is 0.121 e. The number of ether oxygens (including phenoxy) is 1. The molecule has 2 aromatic carbocycles. The maximum atomic E-state index is 9.98. The largest absolute Gasteiger partial charge is 0.508 e. The predicted octanol–water partition coefficient (Wildman–Crippen LogP) is 5.64. The molecule has 0 aliphatic rings. The van der Waals surface area contributed by atoms with E-state index in [1.807, 2.05) is 19.1 Å². The Morgan fingerprint density at radius 1 is 1.19 bits per heavy atom. The van der Waals surface area contributed by atoms with Crippen LogP contribution in [0.2, 0.25) is 10.0 Å². The molecule has 0 bridgehead atoms. The SMILES string of the molecule is COc1ccc(O)c(C(C)Nc2ccc(Br)c(Cl)c2Cl)c1. The Hall–Kier alpha value is -1.10. The zero-order chi connectivity index (χ0) is 15.6. The van der Waals surface area contributed by atoms with Gasteiger partial charge in [0.25, 0.3) is 0 Å². The van der Waals surface area contributed by atoms with E-state index >= 15 is 0 Å². The Balaban J connectivity index is 2.30. The first-order chi connectivity index (χ1) is 9.93. The third-order valence-corrected chi connectivity index (χ3v) is 4.88. The third kappa shape index (κ3) is 3.57. The summed E-state index contributed by atoms with van der Waals surface area (Å²) in [6, 6.07) is 8.55. The van der Waals surface area contributed by atoms with Crippen LogP contribution in [0.25, 0.3) is 0 Å². The average molecular weight is 391 g/mol. The molecule has 0 fully saturated rings. The maximum Gasteiger partial charge on any atom is 0.121 e. The molecule has 0 heterocycles. The van der Waals surface area contributed by atoms with E-state index in [0.29, 0.717) is 27.0 Å². The van der Waals surface area contributed by atoms with Gasteiger partial charge in [0.1, 0.15) is 11.5 Å². The van der Waals surface area contributed by atoms with Gasteiger partial charge >= 0.3 is 0 Å². The van der Waals surface area contributed by atoms with E-state index in [0.717, 1.165) is 4.47 Å². The molecule has 0 saturated carbocycles. The number of hydrogen-bond acceptors (Lipinski definition) is 3. The van der Waals surface area contributed by atoms with E-state index < -0.39 is 0 Å². The van der Waals surface area contributed by atoms with Crippen molar-refractivity contribution in [1.29, 1.82) is 0 Å². The Bertz CT molecular complexity index is 664. The molecule has 3 nitrogen and oxygen atoms in total. The van der Waals surface area contributed by atoms with Gasteiger partial charge in [-0.05, 0) is 53.2 Å². The van der Waals surface area contributed by atoms with Crippen molar-refractivity contribution >= 4 is 44.8 Å². The summed E-state index contributed by atoms with van der Waals surface area (Å²) in [6.45, 7) is 1.92. The van der Waals surface area contributed by atoms with E-state index in [4.69, 9.17) is 27.9 Å². The lowest BCUT2D eigenvalue weighted by Crippen LogP contribution is -2.07. The number of methoxy groups -OCH3 is 1. The third-order valence-electron chi connectivity index (χ3n) is 3.11. The van der Waals surface area contributed by atoms with Crippen molar-refractivity contribution in [3.63, 3.8) is 0 Å². The number of nitrogens with one attached hydrogen (secondary N) is 1. The Morgan fingerprint density at radius 3 is 2.57 bits per heavy atom. The van der Waals surface area contributed by atoms with E-state index in [-0.39, 0.29) is 11.8 Å². The van der Waals surface area contributed by atoms with Gasteiger partial charge in [-0.2, -0.15) is 0 Å². The van der Waals surface area contributed by atoms with Crippen molar-refractivity contribution in [1.82, 2.24) is 0 Å². The number of halogens is 3. The van der Waals surface area contributed by atoms with Crippen molar-refractivity contribution < 1.29 is 9.84 Å². The lowest BCUT2D eigenvalue weighted by atomic mass is 10.1. The maximum absolute atomic E-state index is 9.98. The van der Waals surface area contributed by atoms with Gasteiger partial charge in [-0.1, -0.05) is 23.2 Å². The van der Waals surface area contributed by atoms with Crippen LogP contribution in [0, 0.1) is 0 Å². The van der Waals surface area contributed by atoms with Crippen molar-refractivity contribution in [2.24, 2.45) is 0 Å². The summed E-state index contributed by atoms with van der Waals surface area (Å²) in [4.78, 5) is 0. The highest BCUT2D eigenvalue weighted by Crippen LogP contribution is 2.38. The van der Waals surface area contributed by atoms with Crippen LogP contribution in [0.4, 0.5) is 5.69 Å². The summed E-state index contributed by atoms with van der Waals surface area (Å²) in [5.74, 6) is 0.867. The second kappa shape index (κ2) is 6.77. The molecule has 1 atom stereocenters. The van der Waals surface area contributed by atoms with Gasteiger partial charge in [0, 0.05) is 10.0 Å². The fourth-order valence-electron chi connectivity index (χ4n) is 1.95. The number of aromatic hydroxyl groups is 1. The van der Waals surface area contributed by atoms with Gasteiger partial charge in [0.05, 0.1) is 28.9 Å². The van der Waals surface area contributed by atoms with Gasteiger partial charge < -0.3 is 15.2 Å². The molecule has 2 N–H and O–H groups in total. The Labute approximate surface area is 142 Å². The fourth-order valence-corrected chi connectivity index (χ4v) is 2.78. The summed E-state index contributed by atoms with van der Waals surface area (Å²) in [7, 11) is 1.58. The van der Waals surface area contributed by atoms with Crippen LogP contribution in [0.5, 0.6) is 11.5 Å². The van der Waals surface area contributed by atoms with Gasteiger partial charge in [0.15, 0.2) is 0 Å². The standard InChI is InChI=1S/C15H14BrCl2NO2/c1-8(10-7-9(21-2)3-6-13(10)20)19-12-5-4-11(16)14(17)15(12)18/h3-8,19-20H,1-2H3. The number of phenols is 1. The van der Waals surface area contributed by atoms with Crippen LogP contribution < -0.4 is 10.1 Å². The van der Waals surface area contributed by atoms with Crippen LogP contribution in [-0.4, -0.2) is 12.2 Å². The first kappa shape index (κ1) is 16.3. The number of hydrogen-bond donors (Lipinski definition) is 2. The molecule has 0 saturated heterocycles. The molecule has 0 radical (unpaired) electrons. The Morgan fingerprint density at radius 2 is 1.90 bits per heavy atom. The second-order valence-corrected chi connectivity index (χ2v) is 6.12. The molecule has 1 unspecified atom stereocenters. The van der Waals surface area contributed by atoms with E-state index in [1.54, 1.807) is 25.3 Å². The zero-order valence-corrected chi connectivity index (χ0v) is 14.6. The normalized spacial score (nSPS) is 12.0. The van der Waals surface area contributed by atoms with Crippen LogP contribution in [-0.2, 0) is 0 Å². The molecule has 112 valence electrons. The summed E-state index contributed by atoms with van der Waals surface area (Å²) in [5, 5.41) is 14.1. The van der Waals surface area contributed by atoms with Crippen LogP contribution >= 0.6 is 39.1 Å². The molecule has 0 amide bonds. The van der Waals surface area contributed by atoms with Gasteiger partial charge in [-0.25, -0.2) is 0 Å². The molecule has 0 aliphatic heterocycles. The molecule has 0 aromatic heterocycles. The predicted molar refractivity (Wildman–Crippen MR) is 90.9 cm³/mol. The summed E-state index contributed by atoms with van der Waals surface area (Å²) < 4.78 is 5.91. The summed E-state index contributed by atoms with van der Waals surface area (Å²) >= 11 is 15.6. The molecule has 0 spiro atoms. The van der Waals surface area contributed by atoms with E-state index in [2.05, 4.69) is 21.2 Å². The van der Waals surface area contributed by atoms with Crippen molar-refractivity contribution in [3.05, 3.63) is 50.4 Å². The van der Waals surface area contributed by atoms with Gasteiger partial charge in [0.2, 0.25) is 0 Å². The monoisotopic (exact) mass is 389 g/mol. The molecular formula is C15H14BrCl2NO2. The number of rotatable bonds is 4. The Kier molecular flexibility index (Phi) is 5.25. The first-order valence-corrected chi connectivity index (χ1v) is 7.76. The highest BCUT2D eigenvalue weighted by molar-refractivity contribution is 9.10. The summed E-state index contributed by atoms with van der Waals surface area (Å²) in [5.41, 5.74) is 1.41. The van der Waals surface area contributed by atoms with Crippen LogP contribution in [0.15, 0.2) is 34.8 Å². The van der Waals surface area contributed by atoms with Crippen molar-refractivity contribution in [2.75, 3.05) is 12.4 Å². The van der Waals surface area contributed by atoms with Crippen molar-refractivity contribution in [2.45, 2.75) is 13.0 Å². The highest BCUT2D eigenvalue weighted by atomic mass is 79.9. The number of benzene rings is 2. The molecule has 0 aliphatic carbocycles. The van der Waals surface area contributed by atoms with Crippen LogP contribution in [0.3, 0.4) is 0 Å². The highest BCUT2D eigenvalue weighted by Gasteiger charge is 2.15. The fraction of sp³-hybridized carbons (Fsp3) is 0.200. The number of phenolic OH excluding ortho intramolecular Hbond substituents is 1. The quantitative estimate of drug-likeness (QED) is 0.663. The molecule has 6 heteroatoms. The van der Waals surface area contributed by atoms with Gasteiger partial charge in [-0.15, -0.1) is 0 Å². The minimum Gasteiger partial charge on any atom is -0.508 e. The van der Waals surface area contributed by atoms with E-state index in [9.17, 15) is 5.11 Å². The minimum absolute atomic E-state index is 0.171. The average Bonchev–Trinajstić information content (AvgIpc) is 2.48. The topological polar surface area (TPSA) is 41.5 Å². The van der Waals surface area contributed by atoms with Gasteiger partial charge in [-0.3, -0.25) is 0 Å². The van der Waals surface area contributed by atoms with Crippen LogP contribution in [0.1, 0.15) is 18.5 Å². The molecule has 2 aromatic rings. The summed E-state index contributed by atoms with van der Waals surface area (Å²) in [6.07, 6.45) is 0.